The van der Waals surface area contributed by atoms with Crippen molar-refractivity contribution in [1.82, 2.24) is 14.6 Å². The molecule has 2 heterocycles. The normalized spacial score (nSPS) is 18.1. The molecule has 0 spiro atoms. The Bertz CT molecular complexity index is 642. The van der Waals surface area contributed by atoms with E-state index in [1.54, 1.807) is 11.1 Å². The van der Waals surface area contributed by atoms with Crippen molar-refractivity contribution in [3.8, 4) is 0 Å². The monoisotopic (exact) mass is 443 g/mol. The molecule has 2 atom stereocenters. The number of carbonyl (C=O) groups is 1. The number of halogens is 1. The molecule has 29 heavy (non-hydrogen) atoms. The van der Waals surface area contributed by atoms with Crippen LogP contribution in [0.25, 0.3) is 0 Å². The molecule has 6 nitrogen and oxygen atoms in total. The zero-order chi connectivity index (χ0) is 21.3. The Morgan fingerprint density at radius 2 is 2.21 bits per heavy atom. The molecular weight excluding hydrogens is 410 g/mol. The van der Waals surface area contributed by atoms with Crippen molar-refractivity contribution in [2.75, 3.05) is 19.7 Å². The van der Waals surface area contributed by atoms with Crippen LogP contribution in [0.4, 0.5) is 4.79 Å². The standard InChI is InChI=1S/C21H34ClN3O3S/c1-21(2,3)28-20(26)25-13-11-18(15-25)27-14-5-4-8-17(24-29)10-9-16-7-6-12-23-19(16)22/h6-7,12,17-18,24,29H,4-5,8-11,13-15H2,1-3H3. The van der Waals surface area contributed by atoms with Gasteiger partial charge in [0.05, 0.1) is 12.6 Å². The second kappa shape index (κ2) is 12.0. The first-order chi connectivity index (χ1) is 13.8. The quantitative estimate of drug-likeness (QED) is 0.312. The molecule has 164 valence electrons. The van der Waals surface area contributed by atoms with Crippen molar-refractivity contribution in [1.29, 1.82) is 0 Å². The Kier molecular flexibility index (Phi) is 10.0. The van der Waals surface area contributed by atoms with Crippen molar-refractivity contribution in [2.45, 2.75) is 77.0 Å². The molecule has 0 saturated carbocycles. The van der Waals surface area contributed by atoms with Crippen LogP contribution in [0.5, 0.6) is 0 Å². The first-order valence-electron chi connectivity index (χ1n) is 10.4. The van der Waals surface area contributed by atoms with Crippen molar-refractivity contribution < 1.29 is 14.3 Å². The number of ether oxygens (including phenoxy) is 2. The fourth-order valence-electron chi connectivity index (χ4n) is 3.31. The van der Waals surface area contributed by atoms with Gasteiger partial charge in [-0.05, 0) is 70.9 Å². The van der Waals surface area contributed by atoms with Crippen LogP contribution in [0.2, 0.25) is 5.15 Å². The molecule has 1 aliphatic heterocycles. The van der Waals surface area contributed by atoms with Crippen LogP contribution in [-0.4, -0.2) is 53.4 Å². The topological polar surface area (TPSA) is 63.7 Å². The predicted octanol–water partition coefficient (Wildman–Crippen LogP) is 4.67. The van der Waals surface area contributed by atoms with Gasteiger partial charge in [-0.25, -0.2) is 9.78 Å². The molecule has 1 saturated heterocycles. The van der Waals surface area contributed by atoms with Crippen LogP contribution in [0, 0.1) is 0 Å². The molecule has 1 N–H and O–H groups in total. The number of nitrogens with zero attached hydrogens (tertiary/aromatic N) is 2. The predicted molar refractivity (Wildman–Crippen MR) is 119 cm³/mol. The number of aromatic nitrogens is 1. The summed E-state index contributed by atoms with van der Waals surface area (Å²) >= 11 is 10.4. The number of pyridine rings is 1. The van der Waals surface area contributed by atoms with Crippen molar-refractivity contribution in [3.63, 3.8) is 0 Å². The second-order valence-corrected chi connectivity index (χ2v) is 9.14. The summed E-state index contributed by atoms with van der Waals surface area (Å²) in [7, 11) is 0. The third-order valence-electron chi connectivity index (χ3n) is 4.88. The fraction of sp³-hybridized carbons (Fsp3) is 0.714. The van der Waals surface area contributed by atoms with Crippen LogP contribution in [0.15, 0.2) is 18.3 Å². The number of amides is 1. The smallest absolute Gasteiger partial charge is 0.410 e. The first-order valence-corrected chi connectivity index (χ1v) is 11.2. The highest BCUT2D eigenvalue weighted by atomic mass is 35.5. The summed E-state index contributed by atoms with van der Waals surface area (Å²) in [4.78, 5) is 18.0. The van der Waals surface area contributed by atoms with Gasteiger partial charge in [0, 0.05) is 25.4 Å². The van der Waals surface area contributed by atoms with E-state index in [1.807, 2.05) is 32.9 Å². The summed E-state index contributed by atoms with van der Waals surface area (Å²) in [6.45, 7) is 7.66. The van der Waals surface area contributed by atoms with E-state index in [0.29, 0.717) is 30.9 Å². The number of hydrogen-bond donors (Lipinski definition) is 2. The number of carbonyl (C=O) groups excluding carboxylic acids is 1. The van der Waals surface area contributed by atoms with E-state index in [4.69, 9.17) is 21.1 Å². The first kappa shape index (κ1) is 24.3. The highest BCUT2D eigenvalue weighted by molar-refractivity contribution is 7.78. The molecule has 1 aromatic rings. The maximum atomic E-state index is 12.1. The van der Waals surface area contributed by atoms with E-state index >= 15 is 0 Å². The lowest BCUT2D eigenvalue weighted by molar-refractivity contribution is 0.0206. The molecule has 0 aliphatic carbocycles. The summed E-state index contributed by atoms with van der Waals surface area (Å²) in [6.07, 6.45) is 7.34. The molecule has 1 aliphatic rings. The Morgan fingerprint density at radius 1 is 1.41 bits per heavy atom. The summed E-state index contributed by atoms with van der Waals surface area (Å²) in [5.41, 5.74) is 0.609. The molecule has 2 unspecified atom stereocenters. The molecule has 8 heteroatoms. The zero-order valence-electron chi connectivity index (χ0n) is 17.7. The number of aryl methyl sites for hydroxylation is 1. The largest absolute Gasteiger partial charge is 0.444 e. The lowest BCUT2D eigenvalue weighted by Crippen LogP contribution is -2.36. The molecule has 1 fully saturated rings. The van der Waals surface area contributed by atoms with Crippen molar-refractivity contribution in [2.24, 2.45) is 0 Å². The minimum atomic E-state index is -0.462. The Balaban J connectivity index is 1.58. The van der Waals surface area contributed by atoms with Gasteiger partial charge < -0.3 is 14.4 Å². The number of hydrogen-bond acceptors (Lipinski definition) is 6. The molecule has 1 aromatic heterocycles. The van der Waals surface area contributed by atoms with Crippen LogP contribution >= 0.6 is 24.4 Å². The van der Waals surface area contributed by atoms with Gasteiger partial charge in [-0.1, -0.05) is 30.5 Å². The molecule has 1 amide bonds. The number of nitrogens with one attached hydrogen (secondary N) is 1. The van der Waals surface area contributed by atoms with E-state index in [1.165, 1.54) is 0 Å². The van der Waals surface area contributed by atoms with Gasteiger partial charge in [0.15, 0.2) is 0 Å². The highest BCUT2D eigenvalue weighted by Gasteiger charge is 2.30. The van der Waals surface area contributed by atoms with Gasteiger partial charge in [-0.2, -0.15) is 0 Å². The number of likely N-dealkylation sites (tertiary alicyclic amines) is 1. The third-order valence-corrected chi connectivity index (χ3v) is 5.58. The number of thiol groups is 1. The van der Waals surface area contributed by atoms with Crippen LogP contribution < -0.4 is 4.72 Å². The Morgan fingerprint density at radius 3 is 2.90 bits per heavy atom. The second-order valence-electron chi connectivity index (χ2n) is 8.52. The lowest BCUT2D eigenvalue weighted by atomic mass is 10.0. The van der Waals surface area contributed by atoms with E-state index in [2.05, 4.69) is 22.5 Å². The maximum Gasteiger partial charge on any atom is 0.410 e. The average molecular weight is 444 g/mol. The summed E-state index contributed by atoms with van der Waals surface area (Å²) in [6, 6.07) is 4.25. The van der Waals surface area contributed by atoms with Gasteiger partial charge in [0.25, 0.3) is 0 Å². The fourth-order valence-corrected chi connectivity index (χ4v) is 3.78. The van der Waals surface area contributed by atoms with Crippen LogP contribution in [-0.2, 0) is 15.9 Å². The van der Waals surface area contributed by atoms with Crippen molar-refractivity contribution in [3.05, 3.63) is 29.0 Å². The van der Waals surface area contributed by atoms with Gasteiger partial charge in [-0.15, -0.1) is 0 Å². The maximum absolute atomic E-state index is 12.1. The molecule has 2 rings (SSSR count). The van der Waals surface area contributed by atoms with Gasteiger partial charge in [0.2, 0.25) is 0 Å². The van der Waals surface area contributed by atoms with E-state index in [9.17, 15) is 4.79 Å². The Labute approximate surface area is 185 Å². The average Bonchev–Trinajstić information content (AvgIpc) is 3.13. The van der Waals surface area contributed by atoms with Crippen LogP contribution in [0.1, 0.15) is 58.4 Å². The van der Waals surface area contributed by atoms with E-state index in [-0.39, 0.29) is 12.2 Å². The highest BCUT2D eigenvalue weighted by Crippen LogP contribution is 2.19. The zero-order valence-corrected chi connectivity index (χ0v) is 19.3. The summed E-state index contributed by atoms with van der Waals surface area (Å²) in [5, 5.41) is 0.579. The summed E-state index contributed by atoms with van der Waals surface area (Å²) in [5.74, 6) is 0. The summed E-state index contributed by atoms with van der Waals surface area (Å²) < 4.78 is 14.5. The molecule has 0 aromatic carbocycles. The van der Waals surface area contributed by atoms with E-state index < -0.39 is 5.60 Å². The molecule has 0 bridgehead atoms. The van der Waals surface area contributed by atoms with Gasteiger partial charge >= 0.3 is 6.09 Å². The number of rotatable bonds is 10. The minimum Gasteiger partial charge on any atom is -0.444 e. The molecular formula is C21H34ClN3O3S. The van der Waals surface area contributed by atoms with Gasteiger partial charge in [0.1, 0.15) is 10.8 Å². The SMILES string of the molecule is CC(C)(C)OC(=O)N1CCC(OCCCCC(CCc2cccnc2Cl)NS)C1. The Hall–Kier alpha value is -1.02. The minimum absolute atomic E-state index is 0.106. The van der Waals surface area contributed by atoms with Crippen molar-refractivity contribution >= 4 is 30.5 Å². The van der Waals surface area contributed by atoms with E-state index in [0.717, 1.165) is 44.1 Å². The third kappa shape index (κ3) is 9.11. The van der Waals surface area contributed by atoms with Gasteiger partial charge in [-0.3, -0.25) is 4.72 Å². The number of unbranched alkanes of at least 4 members (excludes halogenated alkanes) is 1. The molecule has 0 radical (unpaired) electrons. The van der Waals surface area contributed by atoms with Crippen LogP contribution in [0.3, 0.4) is 0 Å². The lowest BCUT2D eigenvalue weighted by Gasteiger charge is -2.24.